The molecular formula is C18H21FN2O6S. The summed E-state index contributed by atoms with van der Waals surface area (Å²) < 4.78 is 47.2. The number of halogens is 1. The summed E-state index contributed by atoms with van der Waals surface area (Å²) in [6.45, 7) is 3.29. The van der Waals surface area contributed by atoms with Crippen LogP contribution in [0, 0.1) is 5.82 Å². The lowest BCUT2D eigenvalue weighted by molar-refractivity contribution is 0.0526. The lowest BCUT2D eigenvalue weighted by Gasteiger charge is -2.23. The second kappa shape index (κ2) is 9.58. The Bertz CT molecular complexity index is 877. The van der Waals surface area contributed by atoms with Gasteiger partial charge in [0.2, 0.25) is 5.88 Å². The summed E-state index contributed by atoms with van der Waals surface area (Å²) >= 11 is -2.66. The molecule has 0 amide bonds. The standard InChI is InChI=1S/C18H21FN2O6S/c1-4-27-18(23)12-5-6-15(13(19)10-12)21(28(24)25)16-7-8-17(26-3)20-14(16)9-11(2)22/h5-8,10-11,22H,4,9H2,1-3H3,(H,24,25). The van der Waals surface area contributed by atoms with Crippen LogP contribution in [-0.4, -0.2) is 44.6 Å². The molecule has 0 aliphatic heterocycles. The molecule has 0 fully saturated rings. The van der Waals surface area contributed by atoms with Crippen LogP contribution in [0.1, 0.15) is 29.9 Å². The van der Waals surface area contributed by atoms with Gasteiger partial charge in [-0.3, -0.25) is 4.55 Å². The molecule has 2 rings (SSSR count). The van der Waals surface area contributed by atoms with Gasteiger partial charge < -0.3 is 14.6 Å². The number of aliphatic hydroxyl groups excluding tert-OH is 1. The highest BCUT2D eigenvalue weighted by molar-refractivity contribution is 7.81. The second-order valence-electron chi connectivity index (χ2n) is 5.78. The van der Waals surface area contributed by atoms with Gasteiger partial charge in [0.05, 0.1) is 42.5 Å². The first-order chi connectivity index (χ1) is 13.3. The van der Waals surface area contributed by atoms with Crippen LogP contribution in [0.3, 0.4) is 0 Å². The minimum Gasteiger partial charge on any atom is -0.481 e. The molecule has 1 aromatic heterocycles. The molecule has 10 heteroatoms. The van der Waals surface area contributed by atoms with Crippen LogP contribution in [0.2, 0.25) is 0 Å². The Morgan fingerprint density at radius 3 is 2.54 bits per heavy atom. The maximum atomic E-state index is 14.7. The number of rotatable bonds is 8. The van der Waals surface area contributed by atoms with E-state index in [2.05, 4.69) is 4.98 Å². The molecule has 1 aromatic carbocycles. The number of methoxy groups -OCH3 is 1. The Hall–Kier alpha value is -2.56. The Balaban J connectivity index is 2.55. The Kier molecular flexibility index (Phi) is 7.44. The van der Waals surface area contributed by atoms with Gasteiger partial charge in [-0.2, -0.15) is 0 Å². The van der Waals surface area contributed by atoms with Crippen LogP contribution in [-0.2, 0) is 22.4 Å². The third kappa shape index (κ3) is 5.03. The van der Waals surface area contributed by atoms with Gasteiger partial charge in [-0.1, -0.05) is 0 Å². The largest absolute Gasteiger partial charge is 0.481 e. The molecule has 8 nitrogen and oxygen atoms in total. The molecule has 0 radical (unpaired) electrons. The number of carbonyl (C=O) groups is 1. The maximum absolute atomic E-state index is 14.7. The molecule has 0 saturated carbocycles. The van der Waals surface area contributed by atoms with Crippen molar-refractivity contribution < 1.29 is 32.5 Å². The van der Waals surface area contributed by atoms with E-state index in [1.807, 2.05) is 0 Å². The van der Waals surface area contributed by atoms with E-state index in [0.717, 1.165) is 10.4 Å². The molecule has 0 saturated heterocycles. The number of pyridine rings is 1. The lowest BCUT2D eigenvalue weighted by Crippen LogP contribution is -2.23. The van der Waals surface area contributed by atoms with Crippen molar-refractivity contribution in [1.29, 1.82) is 0 Å². The number of benzene rings is 1. The number of hydrogen-bond donors (Lipinski definition) is 2. The summed E-state index contributed by atoms with van der Waals surface area (Å²) in [5.74, 6) is -1.36. The maximum Gasteiger partial charge on any atom is 0.338 e. The number of esters is 1. The molecule has 0 spiro atoms. The van der Waals surface area contributed by atoms with Crippen LogP contribution < -0.4 is 9.04 Å². The number of carbonyl (C=O) groups excluding carboxylic acids is 1. The SMILES string of the molecule is CCOC(=O)c1ccc(N(c2ccc(OC)nc2CC(C)O)S(=O)O)c(F)c1. The number of aromatic nitrogens is 1. The number of hydrogen-bond acceptors (Lipinski definition) is 6. The van der Waals surface area contributed by atoms with E-state index in [1.54, 1.807) is 6.92 Å². The van der Waals surface area contributed by atoms with Crippen molar-refractivity contribution in [3.8, 4) is 5.88 Å². The highest BCUT2D eigenvalue weighted by atomic mass is 32.2. The number of aliphatic hydroxyl groups is 1. The monoisotopic (exact) mass is 412 g/mol. The third-order valence-electron chi connectivity index (χ3n) is 3.68. The zero-order valence-corrected chi connectivity index (χ0v) is 16.4. The van der Waals surface area contributed by atoms with Crippen molar-refractivity contribution in [1.82, 2.24) is 4.98 Å². The van der Waals surface area contributed by atoms with Crippen LogP contribution in [0.25, 0.3) is 0 Å². The summed E-state index contributed by atoms with van der Waals surface area (Å²) in [6, 6.07) is 6.31. The molecule has 0 aliphatic carbocycles. The van der Waals surface area contributed by atoms with Crippen molar-refractivity contribution in [2.45, 2.75) is 26.4 Å². The van der Waals surface area contributed by atoms with Crippen molar-refractivity contribution >= 4 is 28.6 Å². The first kappa shape index (κ1) is 21.7. The smallest absolute Gasteiger partial charge is 0.338 e. The van der Waals surface area contributed by atoms with E-state index >= 15 is 0 Å². The molecule has 0 aliphatic rings. The number of anilines is 2. The number of ether oxygens (including phenoxy) is 2. The predicted octanol–water partition coefficient (Wildman–Crippen LogP) is 2.60. The molecular weight excluding hydrogens is 391 g/mol. The van der Waals surface area contributed by atoms with Crippen molar-refractivity contribution in [2.75, 3.05) is 18.0 Å². The molecule has 1 heterocycles. The summed E-state index contributed by atoms with van der Waals surface area (Å²) in [7, 11) is 1.41. The van der Waals surface area contributed by atoms with Crippen LogP contribution in [0.15, 0.2) is 30.3 Å². The van der Waals surface area contributed by atoms with E-state index in [9.17, 15) is 23.1 Å². The van der Waals surface area contributed by atoms with Crippen molar-refractivity contribution in [3.05, 3.63) is 47.4 Å². The van der Waals surface area contributed by atoms with Crippen molar-refractivity contribution in [2.24, 2.45) is 0 Å². The van der Waals surface area contributed by atoms with Gasteiger partial charge in [0, 0.05) is 12.5 Å². The van der Waals surface area contributed by atoms with Gasteiger partial charge in [-0.05, 0) is 38.1 Å². The van der Waals surface area contributed by atoms with Crippen molar-refractivity contribution in [3.63, 3.8) is 0 Å². The summed E-state index contributed by atoms with van der Waals surface area (Å²) in [5, 5.41) is 9.72. The molecule has 0 bridgehead atoms. The first-order valence-corrected chi connectivity index (χ1v) is 9.44. The van der Waals surface area contributed by atoms with Gasteiger partial charge in [0.1, 0.15) is 5.82 Å². The lowest BCUT2D eigenvalue weighted by atomic mass is 10.1. The molecule has 152 valence electrons. The topological polar surface area (TPSA) is 109 Å². The minimum atomic E-state index is -2.66. The van der Waals surface area contributed by atoms with Gasteiger partial charge in [-0.25, -0.2) is 22.7 Å². The van der Waals surface area contributed by atoms with E-state index in [1.165, 1.54) is 38.3 Å². The average Bonchev–Trinajstić information content (AvgIpc) is 2.63. The first-order valence-electron chi connectivity index (χ1n) is 8.38. The highest BCUT2D eigenvalue weighted by Crippen LogP contribution is 2.33. The van der Waals surface area contributed by atoms with Crippen LogP contribution in [0.4, 0.5) is 15.8 Å². The molecule has 2 N–H and O–H groups in total. The average molecular weight is 412 g/mol. The summed E-state index contributed by atoms with van der Waals surface area (Å²) in [5.41, 5.74) is 0.0902. The van der Waals surface area contributed by atoms with Crippen LogP contribution in [0.5, 0.6) is 5.88 Å². The Labute approximate surface area is 164 Å². The Morgan fingerprint density at radius 2 is 2.00 bits per heavy atom. The molecule has 2 atom stereocenters. The second-order valence-corrected chi connectivity index (χ2v) is 6.61. The van der Waals surface area contributed by atoms with E-state index < -0.39 is 29.2 Å². The normalized spacial score (nSPS) is 12.9. The fourth-order valence-electron chi connectivity index (χ4n) is 2.51. The Morgan fingerprint density at radius 1 is 1.32 bits per heavy atom. The fourth-order valence-corrected chi connectivity index (χ4v) is 3.16. The zero-order valence-electron chi connectivity index (χ0n) is 15.6. The summed E-state index contributed by atoms with van der Waals surface area (Å²) in [6.07, 6.45) is -0.758. The van der Waals surface area contributed by atoms with Crippen LogP contribution >= 0.6 is 0 Å². The molecule has 2 unspecified atom stereocenters. The van der Waals surface area contributed by atoms with E-state index in [4.69, 9.17) is 9.47 Å². The van der Waals surface area contributed by atoms with Gasteiger partial charge in [-0.15, -0.1) is 0 Å². The quantitative estimate of drug-likeness (QED) is 0.507. The molecule has 28 heavy (non-hydrogen) atoms. The highest BCUT2D eigenvalue weighted by Gasteiger charge is 2.24. The van der Waals surface area contributed by atoms with Gasteiger partial charge >= 0.3 is 5.97 Å². The van der Waals surface area contributed by atoms with Gasteiger partial charge in [0.15, 0.2) is 0 Å². The number of nitrogens with zero attached hydrogens (tertiary/aromatic N) is 2. The minimum absolute atomic E-state index is 0.0242. The van der Waals surface area contributed by atoms with Gasteiger partial charge in [0.25, 0.3) is 11.3 Å². The van der Waals surface area contributed by atoms with E-state index in [0.29, 0.717) is 0 Å². The predicted molar refractivity (Wildman–Crippen MR) is 101 cm³/mol. The fraction of sp³-hybridized carbons (Fsp3) is 0.333. The molecule has 2 aromatic rings. The third-order valence-corrected chi connectivity index (χ3v) is 4.38. The summed E-state index contributed by atoms with van der Waals surface area (Å²) in [4.78, 5) is 16.0. The van der Waals surface area contributed by atoms with E-state index in [-0.39, 0.29) is 41.5 Å². The zero-order chi connectivity index (χ0) is 20.8.